The van der Waals surface area contributed by atoms with Crippen molar-refractivity contribution in [3.8, 4) is 11.3 Å². The smallest absolute Gasteiger partial charge is 0.261 e. The summed E-state index contributed by atoms with van der Waals surface area (Å²) in [6.07, 6.45) is 5.51. The summed E-state index contributed by atoms with van der Waals surface area (Å²) in [5.74, 6) is 0.891. The molecule has 4 rings (SSSR count). The van der Waals surface area contributed by atoms with Gasteiger partial charge in [0, 0.05) is 29.8 Å². The lowest BCUT2D eigenvalue weighted by Gasteiger charge is -2.10. The minimum atomic E-state index is -0.238. The second kappa shape index (κ2) is 6.11. The number of nitrogens with one attached hydrogen (secondary N) is 1. The molecule has 3 heterocycles. The molecule has 0 aliphatic carbocycles. The van der Waals surface area contributed by atoms with E-state index in [2.05, 4.69) is 20.4 Å². The third-order valence-electron chi connectivity index (χ3n) is 4.28. The van der Waals surface area contributed by atoms with Crippen LogP contribution in [-0.2, 0) is 0 Å². The quantitative estimate of drug-likeness (QED) is 0.612. The van der Waals surface area contributed by atoms with Gasteiger partial charge in [0.2, 0.25) is 5.78 Å². The summed E-state index contributed by atoms with van der Waals surface area (Å²) in [4.78, 5) is 21.4. The molecule has 1 amide bonds. The Hall–Kier alpha value is -3.48. The van der Waals surface area contributed by atoms with Gasteiger partial charge in [-0.25, -0.2) is 9.97 Å². The van der Waals surface area contributed by atoms with Crippen LogP contribution < -0.4 is 5.32 Å². The highest BCUT2D eigenvalue weighted by atomic mass is 16.5. The van der Waals surface area contributed by atoms with Crippen molar-refractivity contribution < 1.29 is 9.32 Å². The predicted molar refractivity (Wildman–Crippen MR) is 97.1 cm³/mol. The van der Waals surface area contributed by atoms with Crippen LogP contribution in [0.3, 0.4) is 0 Å². The minimum Gasteiger partial charge on any atom is -0.361 e. The van der Waals surface area contributed by atoms with Gasteiger partial charge >= 0.3 is 0 Å². The van der Waals surface area contributed by atoms with E-state index < -0.39 is 0 Å². The Balaban J connectivity index is 1.69. The van der Waals surface area contributed by atoms with Crippen molar-refractivity contribution in [2.45, 2.75) is 20.8 Å². The van der Waals surface area contributed by atoms with Gasteiger partial charge in [-0.2, -0.15) is 0 Å². The second-order valence-corrected chi connectivity index (χ2v) is 6.14. The highest BCUT2D eigenvalue weighted by molar-refractivity contribution is 6.06. The molecule has 0 aliphatic heterocycles. The monoisotopic (exact) mass is 347 g/mol. The second-order valence-electron chi connectivity index (χ2n) is 6.14. The van der Waals surface area contributed by atoms with Crippen LogP contribution in [0.1, 0.15) is 27.4 Å². The number of aromatic nitrogens is 4. The summed E-state index contributed by atoms with van der Waals surface area (Å²) in [6, 6.07) is 7.69. The Morgan fingerprint density at radius 1 is 1.23 bits per heavy atom. The molecule has 3 aromatic heterocycles. The number of hydrogen-bond acceptors (Lipinski definition) is 5. The van der Waals surface area contributed by atoms with Crippen LogP contribution in [0.25, 0.3) is 17.0 Å². The van der Waals surface area contributed by atoms with Crippen molar-refractivity contribution in [3.05, 3.63) is 65.4 Å². The number of carbonyl (C=O) groups excluding carboxylic acids is 1. The molecule has 0 bridgehead atoms. The number of rotatable bonds is 3. The van der Waals surface area contributed by atoms with Crippen molar-refractivity contribution in [1.82, 2.24) is 19.5 Å². The molecule has 0 aliphatic rings. The van der Waals surface area contributed by atoms with Gasteiger partial charge < -0.3 is 9.84 Å². The van der Waals surface area contributed by atoms with Gasteiger partial charge in [-0.15, -0.1) is 0 Å². The summed E-state index contributed by atoms with van der Waals surface area (Å²) < 4.78 is 6.94. The molecule has 0 unspecified atom stereocenters. The summed E-state index contributed by atoms with van der Waals surface area (Å²) in [5.41, 5.74) is 4.40. The number of hydrogen-bond donors (Lipinski definition) is 1. The fraction of sp³-hybridized carbons (Fsp3) is 0.158. The van der Waals surface area contributed by atoms with E-state index in [0.29, 0.717) is 22.8 Å². The molecule has 0 saturated carbocycles. The van der Waals surface area contributed by atoms with E-state index in [-0.39, 0.29) is 5.91 Å². The summed E-state index contributed by atoms with van der Waals surface area (Å²) in [7, 11) is 0. The number of aryl methyl sites for hydroxylation is 3. The lowest BCUT2D eigenvalue weighted by molar-refractivity contribution is 0.102. The average molecular weight is 347 g/mol. The molecule has 26 heavy (non-hydrogen) atoms. The first kappa shape index (κ1) is 16.0. The first-order valence-electron chi connectivity index (χ1n) is 8.18. The Bertz CT molecular complexity index is 1070. The summed E-state index contributed by atoms with van der Waals surface area (Å²) in [5, 5.41) is 6.78. The first-order valence-corrected chi connectivity index (χ1v) is 8.18. The molecule has 0 spiro atoms. The van der Waals surface area contributed by atoms with E-state index in [1.165, 1.54) is 0 Å². The van der Waals surface area contributed by atoms with Gasteiger partial charge in [0.1, 0.15) is 11.3 Å². The standard InChI is InChI=1S/C19H17N5O2/c1-11-5-6-14(16-10-24-8-4-7-20-19(24)22-16)9-15(11)21-18(25)17-12(2)23-26-13(17)3/h4-10H,1-3H3,(H,21,25). The number of imidazole rings is 1. The number of carbonyl (C=O) groups is 1. The van der Waals surface area contributed by atoms with Crippen molar-refractivity contribution >= 4 is 17.4 Å². The zero-order valence-corrected chi connectivity index (χ0v) is 14.6. The summed E-state index contributed by atoms with van der Waals surface area (Å²) >= 11 is 0. The minimum absolute atomic E-state index is 0.238. The van der Waals surface area contributed by atoms with Crippen LogP contribution in [-0.4, -0.2) is 25.4 Å². The number of amides is 1. The third kappa shape index (κ3) is 2.73. The van der Waals surface area contributed by atoms with Gasteiger partial charge in [-0.05, 0) is 38.5 Å². The average Bonchev–Trinajstić information content (AvgIpc) is 3.20. The number of anilines is 1. The lowest BCUT2D eigenvalue weighted by Crippen LogP contribution is -2.14. The van der Waals surface area contributed by atoms with Gasteiger partial charge in [0.05, 0.1) is 11.4 Å². The zero-order valence-electron chi connectivity index (χ0n) is 14.6. The normalized spacial score (nSPS) is 11.0. The van der Waals surface area contributed by atoms with Crippen molar-refractivity contribution in [3.63, 3.8) is 0 Å². The Morgan fingerprint density at radius 2 is 2.08 bits per heavy atom. The topological polar surface area (TPSA) is 85.3 Å². The van der Waals surface area contributed by atoms with Crippen molar-refractivity contribution in [1.29, 1.82) is 0 Å². The third-order valence-corrected chi connectivity index (χ3v) is 4.28. The molecule has 1 N–H and O–H groups in total. The van der Waals surface area contributed by atoms with E-state index in [0.717, 1.165) is 22.5 Å². The fourth-order valence-corrected chi connectivity index (χ4v) is 2.88. The van der Waals surface area contributed by atoms with Gasteiger partial charge in [0.15, 0.2) is 0 Å². The molecule has 7 heteroatoms. The van der Waals surface area contributed by atoms with Gasteiger partial charge in [0.25, 0.3) is 5.91 Å². The lowest BCUT2D eigenvalue weighted by atomic mass is 10.1. The molecule has 0 radical (unpaired) electrons. The predicted octanol–water partition coefficient (Wildman–Crippen LogP) is 3.56. The van der Waals surface area contributed by atoms with E-state index in [1.54, 1.807) is 20.0 Å². The molecular formula is C19H17N5O2. The van der Waals surface area contributed by atoms with Crippen LogP contribution in [0, 0.1) is 20.8 Å². The van der Waals surface area contributed by atoms with E-state index in [4.69, 9.17) is 4.52 Å². The maximum atomic E-state index is 12.6. The molecule has 130 valence electrons. The largest absolute Gasteiger partial charge is 0.361 e. The van der Waals surface area contributed by atoms with E-state index in [1.807, 2.05) is 48.0 Å². The highest BCUT2D eigenvalue weighted by Gasteiger charge is 2.18. The molecule has 1 aromatic carbocycles. The first-order chi connectivity index (χ1) is 12.5. The summed E-state index contributed by atoms with van der Waals surface area (Å²) in [6.45, 7) is 5.41. The Labute approximate surface area is 149 Å². The molecule has 4 aromatic rings. The molecular weight excluding hydrogens is 330 g/mol. The van der Waals surface area contributed by atoms with E-state index >= 15 is 0 Å². The van der Waals surface area contributed by atoms with Crippen LogP contribution in [0.4, 0.5) is 5.69 Å². The van der Waals surface area contributed by atoms with Gasteiger partial charge in [-0.1, -0.05) is 17.3 Å². The molecule has 0 atom stereocenters. The van der Waals surface area contributed by atoms with Crippen LogP contribution in [0.5, 0.6) is 0 Å². The SMILES string of the molecule is Cc1ccc(-c2cn3cccnc3n2)cc1NC(=O)c1c(C)noc1C. The maximum Gasteiger partial charge on any atom is 0.261 e. The highest BCUT2D eigenvalue weighted by Crippen LogP contribution is 2.26. The fourth-order valence-electron chi connectivity index (χ4n) is 2.88. The van der Waals surface area contributed by atoms with Crippen molar-refractivity contribution in [2.75, 3.05) is 5.32 Å². The maximum absolute atomic E-state index is 12.6. The molecule has 0 fully saturated rings. The Morgan fingerprint density at radius 3 is 2.81 bits per heavy atom. The number of benzene rings is 1. The number of fused-ring (bicyclic) bond motifs is 1. The van der Waals surface area contributed by atoms with E-state index in [9.17, 15) is 4.79 Å². The van der Waals surface area contributed by atoms with Crippen LogP contribution in [0.2, 0.25) is 0 Å². The van der Waals surface area contributed by atoms with Gasteiger partial charge in [-0.3, -0.25) is 9.20 Å². The van der Waals surface area contributed by atoms with Crippen molar-refractivity contribution in [2.24, 2.45) is 0 Å². The number of nitrogens with zero attached hydrogens (tertiary/aromatic N) is 4. The molecule has 7 nitrogen and oxygen atoms in total. The van der Waals surface area contributed by atoms with Crippen LogP contribution >= 0.6 is 0 Å². The van der Waals surface area contributed by atoms with Crippen LogP contribution in [0.15, 0.2) is 47.4 Å². The zero-order chi connectivity index (χ0) is 18.3. The molecule has 0 saturated heterocycles. The Kier molecular flexibility index (Phi) is 3.76.